The van der Waals surface area contributed by atoms with Crippen molar-refractivity contribution in [2.45, 2.75) is 51.0 Å². The molecule has 1 aliphatic heterocycles. The summed E-state index contributed by atoms with van der Waals surface area (Å²) in [6, 6.07) is 0. The van der Waals surface area contributed by atoms with Crippen LogP contribution in [0.4, 0.5) is 0 Å². The summed E-state index contributed by atoms with van der Waals surface area (Å²) in [6.45, 7) is 3.69. The maximum absolute atomic E-state index is 9.87. The van der Waals surface area contributed by atoms with Gasteiger partial charge in [-0.3, -0.25) is 0 Å². The van der Waals surface area contributed by atoms with Crippen LogP contribution in [0, 0.1) is 5.92 Å². The minimum absolute atomic E-state index is 0.00863. The molecular formula is C12H23NO. The summed E-state index contributed by atoms with van der Waals surface area (Å²) < 4.78 is 0. The Hall–Kier alpha value is -0.0800. The van der Waals surface area contributed by atoms with Crippen LogP contribution in [-0.4, -0.2) is 35.7 Å². The van der Waals surface area contributed by atoms with Gasteiger partial charge in [0.15, 0.2) is 0 Å². The third-order valence-electron chi connectivity index (χ3n) is 3.81. The van der Waals surface area contributed by atoms with Crippen LogP contribution >= 0.6 is 0 Å². The van der Waals surface area contributed by atoms with Gasteiger partial charge in [0.05, 0.1) is 6.10 Å². The summed E-state index contributed by atoms with van der Waals surface area (Å²) in [7, 11) is 0. The summed E-state index contributed by atoms with van der Waals surface area (Å²) in [6.07, 6.45) is 8.98. The molecule has 0 aromatic rings. The Bertz CT molecular complexity index is 166. The molecule has 2 atom stereocenters. The fourth-order valence-corrected chi connectivity index (χ4v) is 2.87. The van der Waals surface area contributed by atoms with E-state index in [1.165, 1.54) is 51.6 Å². The van der Waals surface area contributed by atoms with E-state index >= 15 is 0 Å². The van der Waals surface area contributed by atoms with E-state index in [-0.39, 0.29) is 6.10 Å². The van der Waals surface area contributed by atoms with Crippen LogP contribution in [0.3, 0.4) is 0 Å². The molecule has 0 radical (unpaired) electrons. The number of piperidine rings is 1. The quantitative estimate of drug-likeness (QED) is 0.732. The van der Waals surface area contributed by atoms with Crippen LogP contribution in [0.15, 0.2) is 0 Å². The standard InChI is InChI=1S/C12H23NO/c14-12-7-3-2-6-11(12)10-13-8-4-1-5-9-13/h11-12,14H,1-10H2/t11-,12-/m0/s1. The molecule has 0 bridgehead atoms. The maximum atomic E-state index is 9.87. The lowest BCUT2D eigenvalue weighted by atomic mass is 9.86. The van der Waals surface area contributed by atoms with E-state index in [0.717, 1.165) is 13.0 Å². The van der Waals surface area contributed by atoms with Crippen molar-refractivity contribution < 1.29 is 5.11 Å². The van der Waals surface area contributed by atoms with E-state index in [0.29, 0.717) is 5.92 Å². The Morgan fingerprint density at radius 2 is 1.64 bits per heavy atom. The molecule has 2 rings (SSSR count). The smallest absolute Gasteiger partial charge is 0.0580 e. The predicted molar refractivity (Wildman–Crippen MR) is 58.3 cm³/mol. The molecule has 82 valence electrons. The van der Waals surface area contributed by atoms with Crippen molar-refractivity contribution in [3.8, 4) is 0 Å². The van der Waals surface area contributed by atoms with Gasteiger partial charge in [-0.15, -0.1) is 0 Å². The zero-order valence-electron chi connectivity index (χ0n) is 9.12. The zero-order valence-corrected chi connectivity index (χ0v) is 9.12. The van der Waals surface area contributed by atoms with Gasteiger partial charge in [-0.05, 0) is 44.7 Å². The van der Waals surface area contributed by atoms with Crippen molar-refractivity contribution in [3.63, 3.8) is 0 Å². The first-order valence-corrected chi connectivity index (χ1v) is 6.26. The first kappa shape index (κ1) is 10.4. The second-order valence-corrected chi connectivity index (χ2v) is 4.97. The van der Waals surface area contributed by atoms with Gasteiger partial charge in [0.2, 0.25) is 0 Å². The average Bonchev–Trinajstić information content (AvgIpc) is 2.23. The van der Waals surface area contributed by atoms with Crippen molar-refractivity contribution >= 4 is 0 Å². The third-order valence-corrected chi connectivity index (χ3v) is 3.81. The molecule has 0 aromatic carbocycles. The van der Waals surface area contributed by atoms with Gasteiger partial charge in [0, 0.05) is 6.54 Å². The lowest BCUT2D eigenvalue weighted by molar-refractivity contribution is 0.0424. The number of aliphatic hydroxyl groups excluding tert-OH is 1. The molecule has 2 heteroatoms. The summed E-state index contributed by atoms with van der Waals surface area (Å²) in [5, 5.41) is 9.87. The first-order chi connectivity index (χ1) is 6.86. The largest absolute Gasteiger partial charge is 0.393 e. The molecule has 0 unspecified atom stereocenters. The Morgan fingerprint density at radius 3 is 2.36 bits per heavy atom. The summed E-state index contributed by atoms with van der Waals surface area (Å²) >= 11 is 0. The number of aliphatic hydroxyl groups is 1. The molecule has 1 saturated heterocycles. The molecule has 1 aliphatic carbocycles. The minimum Gasteiger partial charge on any atom is -0.393 e. The van der Waals surface area contributed by atoms with Crippen molar-refractivity contribution in [3.05, 3.63) is 0 Å². The van der Waals surface area contributed by atoms with Crippen molar-refractivity contribution in [2.24, 2.45) is 5.92 Å². The van der Waals surface area contributed by atoms with Gasteiger partial charge < -0.3 is 10.0 Å². The van der Waals surface area contributed by atoms with Crippen LogP contribution in [-0.2, 0) is 0 Å². The second-order valence-electron chi connectivity index (χ2n) is 4.97. The van der Waals surface area contributed by atoms with E-state index in [4.69, 9.17) is 0 Å². The summed E-state index contributed by atoms with van der Waals surface area (Å²) in [5.74, 6) is 0.571. The molecule has 0 spiro atoms. The summed E-state index contributed by atoms with van der Waals surface area (Å²) in [5.41, 5.74) is 0. The molecule has 2 fully saturated rings. The van der Waals surface area contributed by atoms with E-state index in [1.54, 1.807) is 0 Å². The molecule has 14 heavy (non-hydrogen) atoms. The Kier molecular flexibility index (Phi) is 3.82. The summed E-state index contributed by atoms with van der Waals surface area (Å²) in [4.78, 5) is 2.56. The molecule has 1 N–H and O–H groups in total. The Labute approximate surface area is 87.3 Å². The van der Waals surface area contributed by atoms with Gasteiger partial charge in [-0.2, -0.15) is 0 Å². The normalized spacial score (nSPS) is 35.8. The van der Waals surface area contributed by atoms with E-state index in [1.807, 2.05) is 0 Å². The van der Waals surface area contributed by atoms with E-state index < -0.39 is 0 Å². The van der Waals surface area contributed by atoms with Crippen LogP contribution < -0.4 is 0 Å². The minimum atomic E-state index is -0.00863. The van der Waals surface area contributed by atoms with Gasteiger partial charge in [-0.25, -0.2) is 0 Å². The van der Waals surface area contributed by atoms with Gasteiger partial charge in [0.1, 0.15) is 0 Å². The number of nitrogens with zero attached hydrogens (tertiary/aromatic N) is 1. The molecule has 2 aliphatic rings. The van der Waals surface area contributed by atoms with Crippen LogP contribution in [0.5, 0.6) is 0 Å². The van der Waals surface area contributed by atoms with Gasteiger partial charge in [-0.1, -0.05) is 19.3 Å². The zero-order chi connectivity index (χ0) is 9.80. The highest BCUT2D eigenvalue weighted by atomic mass is 16.3. The Morgan fingerprint density at radius 1 is 0.929 bits per heavy atom. The molecule has 1 saturated carbocycles. The third kappa shape index (κ3) is 2.71. The average molecular weight is 197 g/mol. The van der Waals surface area contributed by atoms with Crippen LogP contribution in [0.2, 0.25) is 0 Å². The lowest BCUT2D eigenvalue weighted by Gasteiger charge is -2.34. The number of rotatable bonds is 2. The van der Waals surface area contributed by atoms with Crippen molar-refractivity contribution in [2.75, 3.05) is 19.6 Å². The highest BCUT2D eigenvalue weighted by Gasteiger charge is 2.25. The predicted octanol–water partition coefficient (Wildman–Crippen LogP) is 2.02. The first-order valence-electron chi connectivity index (χ1n) is 6.26. The molecule has 0 amide bonds. The van der Waals surface area contributed by atoms with Crippen molar-refractivity contribution in [1.29, 1.82) is 0 Å². The number of likely N-dealkylation sites (tertiary alicyclic amines) is 1. The highest BCUT2D eigenvalue weighted by molar-refractivity contribution is 4.78. The molecule has 0 aromatic heterocycles. The number of hydrogen-bond acceptors (Lipinski definition) is 2. The van der Waals surface area contributed by atoms with E-state index in [9.17, 15) is 5.11 Å². The molecule has 2 nitrogen and oxygen atoms in total. The maximum Gasteiger partial charge on any atom is 0.0580 e. The highest BCUT2D eigenvalue weighted by Crippen LogP contribution is 2.25. The van der Waals surface area contributed by atoms with E-state index in [2.05, 4.69) is 4.90 Å². The molecular weight excluding hydrogens is 174 g/mol. The Balaban J connectivity index is 1.76. The fraction of sp³-hybridized carbons (Fsp3) is 1.00. The van der Waals surface area contributed by atoms with Gasteiger partial charge >= 0.3 is 0 Å². The second kappa shape index (κ2) is 5.13. The topological polar surface area (TPSA) is 23.5 Å². The monoisotopic (exact) mass is 197 g/mol. The number of hydrogen-bond donors (Lipinski definition) is 1. The SMILES string of the molecule is O[C@H]1CCCC[C@H]1CN1CCCCC1. The van der Waals surface area contributed by atoms with Gasteiger partial charge in [0.25, 0.3) is 0 Å². The van der Waals surface area contributed by atoms with Crippen LogP contribution in [0.1, 0.15) is 44.9 Å². The lowest BCUT2D eigenvalue weighted by Crippen LogP contribution is -2.39. The van der Waals surface area contributed by atoms with Crippen molar-refractivity contribution in [1.82, 2.24) is 4.90 Å². The molecule has 1 heterocycles. The van der Waals surface area contributed by atoms with Crippen LogP contribution in [0.25, 0.3) is 0 Å². The fourth-order valence-electron chi connectivity index (χ4n) is 2.87.